The SMILES string of the molecule is CC1COCCN1c1cc(-c2ccc(F)c3[nH]ccc23)nc2c1ccn2S(C)(=O)=O. The van der Waals surface area contributed by atoms with Crippen molar-refractivity contribution in [3.8, 4) is 11.3 Å². The highest BCUT2D eigenvalue weighted by Gasteiger charge is 2.25. The Morgan fingerprint density at radius 3 is 2.83 bits per heavy atom. The second-order valence-electron chi connectivity index (χ2n) is 7.62. The van der Waals surface area contributed by atoms with E-state index in [1.54, 1.807) is 24.4 Å². The fourth-order valence-corrected chi connectivity index (χ4v) is 4.88. The third-order valence-corrected chi connectivity index (χ3v) is 6.59. The predicted molar refractivity (Wildman–Crippen MR) is 115 cm³/mol. The van der Waals surface area contributed by atoms with Crippen molar-refractivity contribution in [1.29, 1.82) is 0 Å². The minimum atomic E-state index is -3.54. The Kier molecular flexibility index (Phi) is 4.33. The molecule has 5 rings (SSSR count). The molecule has 0 bridgehead atoms. The van der Waals surface area contributed by atoms with Gasteiger partial charge in [0.1, 0.15) is 5.82 Å². The van der Waals surface area contributed by atoms with E-state index < -0.39 is 10.0 Å². The van der Waals surface area contributed by atoms with Crippen LogP contribution in [-0.4, -0.2) is 54.4 Å². The van der Waals surface area contributed by atoms with Crippen LogP contribution in [0, 0.1) is 5.82 Å². The summed E-state index contributed by atoms with van der Waals surface area (Å²) in [5.74, 6) is -0.346. The molecule has 0 amide bonds. The van der Waals surface area contributed by atoms with Crippen molar-refractivity contribution in [2.75, 3.05) is 30.9 Å². The number of nitrogens with zero attached hydrogens (tertiary/aromatic N) is 3. The number of hydrogen-bond acceptors (Lipinski definition) is 5. The highest BCUT2D eigenvalue weighted by molar-refractivity contribution is 7.89. The minimum Gasteiger partial charge on any atom is -0.377 e. The molecule has 30 heavy (non-hydrogen) atoms. The fraction of sp³-hybridized carbons (Fsp3) is 0.286. The summed E-state index contributed by atoms with van der Waals surface area (Å²) in [5.41, 5.74) is 2.97. The van der Waals surface area contributed by atoms with Crippen LogP contribution >= 0.6 is 0 Å². The van der Waals surface area contributed by atoms with Gasteiger partial charge in [-0.15, -0.1) is 0 Å². The quantitative estimate of drug-likeness (QED) is 0.541. The van der Waals surface area contributed by atoms with Gasteiger partial charge in [-0.05, 0) is 37.3 Å². The van der Waals surface area contributed by atoms with Crippen molar-refractivity contribution in [3.05, 3.63) is 48.5 Å². The van der Waals surface area contributed by atoms with E-state index >= 15 is 0 Å². The van der Waals surface area contributed by atoms with E-state index in [-0.39, 0.29) is 11.9 Å². The highest BCUT2D eigenvalue weighted by Crippen LogP contribution is 2.36. The molecule has 3 aromatic heterocycles. The summed E-state index contributed by atoms with van der Waals surface area (Å²) in [6, 6.07) is 8.73. The zero-order chi connectivity index (χ0) is 21.0. The standard InChI is InChI=1S/C21H21FN4O3S/c1-13-12-29-10-9-25(13)19-11-18(14-3-4-17(22)20-15(14)5-7-23-20)24-21-16(19)6-8-26(21)30(2,27)28/h3-8,11,13,23H,9-10,12H2,1-2H3. The van der Waals surface area contributed by atoms with Gasteiger partial charge in [-0.25, -0.2) is 21.8 Å². The number of nitrogens with one attached hydrogen (secondary N) is 1. The summed E-state index contributed by atoms with van der Waals surface area (Å²) >= 11 is 0. The maximum atomic E-state index is 14.2. The first-order valence-corrected chi connectivity index (χ1v) is 11.5. The number of anilines is 1. The first kappa shape index (κ1) is 19.1. The monoisotopic (exact) mass is 428 g/mol. The first-order chi connectivity index (χ1) is 14.3. The summed E-state index contributed by atoms with van der Waals surface area (Å²) in [5, 5.41) is 1.45. The largest absolute Gasteiger partial charge is 0.377 e. The van der Waals surface area contributed by atoms with Crippen molar-refractivity contribution in [1.82, 2.24) is 13.9 Å². The summed E-state index contributed by atoms with van der Waals surface area (Å²) in [4.78, 5) is 9.83. The number of halogens is 1. The molecule has 1 fully saturated rings. The van der Waals surface area contributed by atoms with Crippen LogP contribution in [0.2, 0.25) is 0 Å². The molecular formula is C21H21FN4O3S. The fourth-order valence-electron chi connectivity index (χ4n) is 4.14. The van der Waals surface area contributed by atoms with Gasteiger partial charge in [0, 0.05) is 41.3 Å². The number of pyridine rings is 1. The van der Waals surface area contributed by atoms with E-state index in [2.05, 4.69) is 16.8 Å². The van der Waals surface area contributed by atoms with Crippen molar-refractivity contribution < 1.29 is 17.5 Å². The van der Waals surface area contributed by atoms with E-state index in [1.807, 2.05) is 6.07 Å². The molecule has 4 aromatic rings. The van der Waals surface area contributed by atoms with Crippen LogP contribution in [0.25, 0.3) is 33.2 Å². The van der Waals surface area contributed by atoms with E-state index in [4.69, 9.17) is 9.72 Å². The molecule has 0 radical (unpaired) electrons. The number of morpholine rings is 1. The van der Waals surface area contributed by atoms with Gasteiger partial charge in [0.05, 0.1) is 36.4 Å². The van der Waals surface area contributed by atoms with Crippen molar-refractivity contribution >= 4 is 37.6 Å². The first-order valence-electron chi connectivity index (χ1n) is 9.67. The van der Waals surface area contributed by atoms with Gasteiger partial charge in [0.15, 0.2) is 5.65 Å². The van der Waals surface area contributed by atoms with Crippen LogP contribution in [0.15, 0.2) is 42.7 Å². The minimum absolute atomic E-state index is 0.124. The Balaban J connectivity index is 1.82. The van der Waals surface area contributed by atoms with Crippen molar-refractivity contribution in [2.24, 2.45) is 0 Å². The van der Waals surface area contributed by atoms with E-state index in [1.165, 1.54) is 16.2 Å². The summed E-state index contributed by atoms with van der Waals surface area (Å²) in [7, 11) is -3.54. The Morgan fingerprint density at radius 1 is 1.23 bits per heavy atom. The second kappa shape index (κ2) is 6.82. The van der Waals surface area contributed by atoms with Crippen molar-refractivity contribution in [2.45, 2.75) is 13.0 Å². The Morgan fingerprint density at radius 2 is 2.07 bits per heavy atom. The van der Waals surface area contributed by atoms with Crippen LogP contribution in [0.1, 0.15) is 6.92 Å². The molecule has 1 N–H and O–H groups in total. The molecule has 4 heterocycles. The molecule has 1 unspecified atom stereocenters. The second-order valence-corrected chi connectivity index (χ2v) is 9.48. The van der Waals surface area contributed by atoms with Gasteiger partial charge in [0.2, 0.25) is 10.0 Å². The Labute approximate surface area is 173 Å². The summed E-state index contributed by atoms with van der Waals surface area (Å²) in [6.45, 7) is 3.94. The lowest BCUT2D eigenvalue weighted by molar-refractivity contribution is 0.0991. The zero-order valence-electron chi connectivity index (χ0n) is 16.6. The number of aromatic amines is 1. The van der Waals surface area contributed by atoms with Gasteiger partial charge in [-0.1, -0.05) is 0 Å². The zero-order valence-corrected chi connectivity index (χ0v) is 17.4. The van der Waals surface area contributed by atoms with E-state index in [9.17, 15) is 12.8 Å². The molecular weight excluding hydrogens is 407 g/mol. The lowest BCUT2D eigenvalue weighted by atomic mass is 10.0. The average Bonchev–Trinajstić information content (AvgIpc) is 3.35. The third kappa shape index (κ3) is 2.96. The normalized spacial score (nSPS) is 17.8. The Bertz CT molecular complexity index is 1380. The summed E-state index contributed by atoms with van der Waals surface area (Å²) < 4.78 is 45.7. The Hall–Kier alpha value is -2.91. The average molecular weight is 428 g/mol. The lowest BCUT2D eigenvalue weighted by Gasteiger charge is -2.35. The van der Waals surface area contributed by atoms with Crippen LogP contribution in [0.5, 0.6) is 0 Å². The van der Waals surface area contributed by atoms with Gasteiger partial charge in [0.25, 0.3) is 0 Å². The maximum absolute atomic E-state index is 14.2. The van der Waals surface area contributed by atoms with Crippen LogP contribution < -0.4 is 4.90 Å². The lowest BCUT2D eigenvalue weighted by Crippen LogP contribution is -2.43. The number of ether oxygens (including phenoxy) is 1. The van der Waals surface area contributed by atoms with Crippen molar-refractivity contribution in [3.63, 3.8) is 0 Å². The number of fused-ring (bicyclic) bond motifs is 2. The smallest absolute Gasteiger partial charge is 0.237 e. The van der Waals surface area contributed by atoms with Gasteiger partial charge < -0.3 is 14.6 Å². The van der Waals surface area contributed by atoms with Gasteiger partial charge >= 0.3 is 0 Å². The molecule has 1 aliphatic heterocycles. The molecule has 1 saturated heterocycles. The molecule has 0 spiro atoms. The molecule has 1 atom stereocenters. The molecule has 1 aliphatic rings. The molecule has 1 aromatic carbocycles. The number of aromatic nitrogens is 3. The third-order valence-electron chi connectivity index (χ3n) is 5.58. The topological polar surface area (TPSA) is 80.2 Å². The maximum Gasteiger partial charge on any atom is 0.237 e. The van der Waals surface area contributed by atoms with Crippen LogP contribution in [0.3, 0.4) is 0 Å². The molecule has 7 nitrogen and oxygen atoms in total. The molecule has 9 heteroatoms. The van der Waals surface area contributed by atoms with Crippen LogP contribution in [-0.2, 0) is 14.8 Å². The number of benzene rings is 1. The number of H-pyrrole nitrogens is 1. The van der Waals surface area contributed by atoms with E-state index in [0.29, 0.717) is 42.0 Å². The van der Waals surface area contributed by atoms with Gasteiger partial charge in [-0.2, -0.15) is 0 Å². The highest BCUT2D eigenvalue weighted by atomic mass is 32.2. The molecule has 156 valence electrons. The van der Waals surface area contributed by atoms with Crippen LogP contribution in [0.4, 0.5) is 10.1 Å². The van der Waals surface area contributed by atoms with E-state index in [0.717, 1.165) is 22.9 Å². The number of hydrogen-bond donors (Lipinski definition) is 1. The van der Waals surface area contributed by atoms with Gasteiger partial charge in [-0.3, -0.25) is 0 Å². The number of rotatable bonds is 3. The predicted octanol–water partition coefficient (Wildman–Crippen LogP) is 3.36. The molecule has 0 saturated carbocycles. The molecule has 0 aliphatic carbocycles. The summed E-state index contributed by atoms with van der Waals surface area (Å²) in [6.07, 6.45) is 4.36.